The normalized spacial score (nSPS) is 19.7. The second kappa shape index (κ2) is 8.65. The van der Waals surface area contributed by atoms with Gasteiger partial charge in [-0.25, -0.2) is 0 Å². The van der Waals surface area contributed by atoms with Crippen LogP contribution in [-0.4, -0.2) is 56.3 Å². The van der Waals surface area contributed by atoms with Crippen LogP contribution in [0, 0.1) is 6.92 Å². The third-order valence-electron chi connectivity index (χ3n) is 5.49. The van der Waals surface area contributed by atoms with Crippen molar-refractivity contribution in [3.05, 3.63) is 59.7 Å². The van der Waals surface area contributed by atoms with Gasteiger partial charge in [0.15, 0.2) is 0 Å². The molecule has 148 valence electrons. The van der Waals surface area contributed by atoms with Crippen LogP contribution >= 0.6 is 0 Å². The highest BCUT2D eigenvalue weighted by atomic mass is 16.5. The van der Waals surface area contributed by atoms with Crippen molar-refractivity contribution < 1.29 is 14.3 Å². The molecule has 2 heterocycles. The van der Waals surface area contributed by atoms with Gasteiger partial charge in [-0.15, -0.1) is 0 Å². The minimum atomic E-state index is 0.0922. The SMILES string of the molecule is Cc1cccc(N2CCN(C(=O)c3ccc(OC[C@@H]4CCCO4)cc3)CC2)c1. The van der Waals surface area contributed by atoms with Crippen molar-refractivity contribution in [3.8, 4) is 5.75 Å². The Kier molecular flexibility index (Phi) is 5.81. The summed E-state index contributed by atoms with van der Waals surface area (Å²) in [4.78, 5) is 17.1. The zero-order valence-corrected chi connectivity index (χ0v) is 16.5. The number of rotatable bonds is 5. The van der Waals surface area contributed by atoms with Gasteiger partial charge < -0.3 is 19.3 Å². The lowest BCUT2D eigenvalue weighted by Crippen LogP contribution is -2.48. The van der Waals surface area contributed by atoms with E-state index in [1.807, 2.05) is 29.2 Å². The van der Waals surface area contributed by atoms with E-state index in [0.29, 0.717) is 12.2 Å². The molecule has 2 saturated heterocycles. The highest BCUT2D eigenvalue weighted by molar-refractivity contribution is 5.94. The summed E-state index contributed by atoms with van der Waals surface area (Å²) in [5.41, 5.74) is 3.21. The maximum absolute atomic E-state index is 12.8. The molecule has 1 amide bonds. The Hall–Kier alpha value is -2.53. The van der Waals surface area contributed by atoms with Crippen molar-refractivity contribution in [2.24, 2.45) is 0 Å². The van der Waals surface area contributed by atoms with Gasteiger partial charge in [0.1, 0.15) is 12.4 Å². The minimum absolute atomic E-state index is 0.0922. The Labute approximate surface area is 166 Å². The molecule has 2 fully saturated rings. The molecule has 0 N–H and O–H groups in total. The number of piperazine rings is 1. The summed E-state index contributed by atoms with van der Waals surface area (Å²) in [6.45, 7) is 6.72. The standard InChI is InChI=1S/C23H28N2O3/c1-18-4-2-5-20(16-18)24-11-13-25(14-12-24)23(26)19-7-9-21(10-8-19)28-17-22-6-3-15-27-22/h2,4-5,7-10,16,22H,3,6,11-15,17H2,1H3/t22-/m0/s1. The first kappa shape index (κ1) is 18.8. The Morgan fingerprint density at radius 2 is 1.89 bits per heavy atom. The fourth-order valence-corrected chi connectivity index (χ4v) is 3.83. The number of hydrogen-bond acceptors (Lipinski definition) is 4. The van der Waals surface area contributed by atoms with Crippen LogP contribution in [0.3, 0.4) is 0 Å². The molecule has 2 aromatic carbocycles. The molecule has 0 spiro atoms. The first-order valence-electron chi connectivity index (χ1n) is 10.1. The van der Waals surface area contributed by atoms with Crippen LogP contribution in [0.1, 0.15) is 28.8 Å². The van der Waals surface area contributed by atoms with Crippen molar-refractivity contribution in [1.82, 2.24) is 4.90 Å². The molecule has 5 nitrogen and oxygen atoms in total. The van der Waals surface area contributed by atoms with E-state index < -0.39 is 0 Å². The molecule has 0 aromatic heterocycles. The monoisotopic (exact) mass is 380 g/mol. The van der Waals surface area contributed by atoms with Crippen LogP contribution in [0.4, 0.5) is 5.69 Å². The zero-order valence-electron chi connectivity index (χ0n) is 16.5. The lowest BCUT2D eigenvalue weighted by molar-refractivity contribution is 0.0678. The minimum Gasteiger partial charge on any atom is -0.491 e. The van der Waals surface area contributed by atoms with Gasteiger partial charge in [-0.1, -0.05) is 12.1 Å². The molecule has 2 aromatic rings. The summed E-state index contributed by atoms with van der Waals surface area (Å²) in [5.74, 6) is 0.880. The average molecular weight is 380 g/mol. The molecule has 0 radical (unpaired) electrons. The highest BCUT2D eigenvalue weighted by Crippen LogP contribution is 2.20. The number of carbonyl (C=O) groups is 1. The molecule has 4 rings (SSSR count). The van der Waals surface area contributed by atoms with Gasteiger partial charge in [0.2, 0.25) is 0 Å². The zero-order chi connectivity index (χ0) is 19.3. The van der Waals surface area contributed by atoms with Gasteiger partial charge in [-0.3, -0.25) is 4.79 Å². The molecule has 28 heavy (non-hydrogen) atoms. The Morgan fingerprint density at radius 3 is 2.57 bits per heavy atom. The van der Waals surface area contributed by atoms with Crippen molar-refractivity contribution in [1.29, 1.82) is 0 Å². The van der Waals surface area contributed by atoms with E-state index in [9.17, 15) is 4.79 Å². The van der Waals surface area contributed by atoms with E-state index >= 15 is 0 Å². The van der Waals surface area contributed by atoms with Gasteiger partial charge in [-0.2, -0.15) is 0 Å². The summed E-state index contributed by atoms with van der Waals surface area (Å²) < 4.78 is 11.4. The highest BCUT2D eigenvalue weighted by Gasteiger charge is 2.22. The van der Waals surface area contributed by atoms with E-state index in [2.05, 4.69) is 36.1 Å². The molecular weight excluding hydrogens is 352 g/mol. The van der Waals surface area contributed by atoms with Crippen LogP contribution in [0.5, 0.6) is 5.75 Å². The van der Waals surface area contributed by atoms with Crippen molar-refractivity contribution in [2.45, 2.75) is 25.9 Å². The van der Waals surface area contributed by atoms with Crippen LogP contribution in [-0.2, 0) is 4.74 Å². The van der Waals surface area contributed by atoms with Gasteiger partial charge >= 0.3 is 0 Å². The molecule has 0 aliphatic carbocycles. The molecule has 1 atom stereocenters. The number of benzene rings is 2. The molecule has 2 aliphatic heterocycles. The van der Waals surface area contributed by atoms with Gasteiger partial charge in [0.25, 0.3) is 5.91 Å². The topological polar surface area (TPSA) is 42.0 Å². The number of hydrogen-bond donors (Lipinski definition) is 0. The van der Waals surface area contributed by atoms with E-state index in [0.717, 1.165) is 51.4 Å². The number of ether oxygens (including phenoxy) is 2. The third kappa shape index (κ3) is 4.47. The van der Waals surface area contributed by atoms with Gasteiger partial charge in [0, 0.05) is 44.0 Å². The first-order valence-corrected chi connectivity index (χ1v) is 10.1. The molecular formula is C23H28N2O3. The van der Waals surface area contributed by atoms with E-state index in [1.165, 1.54) is 11.3 Å². The fraction of sp³-hybridized carbons (Fsp3) is 0.435. The smallest absolute Gasteiger partial charge is 0.253 e. The number of anilines is 1. The van der Waals surface area contributed by atoms with E-state index in [-0.39, 0.29) is 12.0 Å². The maximum Gasteiger partial charge on any atom is 0.253 e. The number of amides is 1. The van der Waals surface area contributed by atoms with Crippen molar-refractivity contribution in [3.63, 3.8) is 0 Å². The average Bonchev–Trinajstić information content (AvgIpc) is 3.26. The predicted molar refractivity (Wildman–Crippen MR) is 110 cm³/mol. The molecule has 2 aliphatic rings. The largest absolute Gasteiger partial charge is 0.491 e. The van der Waals surface area contributed by atoms with Crippen LogP contribution in [0.2, 0.25) is 0 Å². The molecule has 5 heteroatoms. The van der Waals surface area contributed by atoms with Crippen LogP contribution in [0.25, 0.3) is 0 Å². The van der Waals surface area contributed by atoms with Crippen LogP contribution in [0.15, 0.2) is 48.5 Å². The van der Waals surface area contributed by atoms with E-state index in [1.54, 1.807) is 0 Å². The Balaban J connectivity index is 1.29. The lowest BCUT2D eigenvalue weighted by atomic mass is 10.1. The quantitative estimate of drug-likeness (QED) is 0.796. The molecule has 0 saturated carbocycles. The van der Waals surface area contributed by atoms with E-state index in [4.69, 9.17) is 9.47 Å². The molecule has 0 unspecified atom stereocenters. The van der Waals surface area contributed by atoms with Gasteiger partial charge in [-0.05, 0) is 61.7 Å². The maximum atomic E-state index is 12.8. The number of nitrogens with zero attached hydrogens (tertiary/aromatic N) is 2. The van der Waals surface area contributed by atoms with Gasteiger partial charge in [0.05, 0.1) is 6.10 Å². The van der Waals surface area contributed by atoms with Crippen LogP contribution < -0.4 is 9.64 Å². The summed E-state index contributed by atoms with van der Waals surface area (Å²) in [6.07, 6.45) is 2.37. The predicted octanol–water partition coefficient (Wildman–Crippen LogP) is 3.52. The summed E-state index contributed by atoms with van der Waals surface area (Å²) in [6, 6.07) is 16.0. The summed E-state index contributed by atoms with van der Waals surface area (Å²) >= 11 is 0. The molecule has 0 bridgehead atoms. The third-order valence-corrected chi connectivity index (χ3v) is 5.49. The number of aryl methyl sites for hydroxylation is 1. The van der Waals surface area contributed by atoms with Crippen molar-refractivity contribution >= 4 is 11.6 Å². The Bertz CT molecular complexity index is 792. The summed E-state index contributed by atoms with van der Waals surface area (Å²) in [5, 5.41) is 0. The second-order valence-corrected chi connectivity index (χ2v) is 7.59. The van der Waals surface area contributed by atoms with Crippen molar-refractivity contribution in [2.75, 3.05) is 44.3 Å². The fourth-order valence-electron chi connectivity index (χ4n) is 3.83. The second-order valence-electron chi connectivity index (χ2n) is 7.59. The summed E-state index contributed by atoms with van der Waals surface area (Å²) in [7, 11) is 0. The lowest BCUT2D eigenvalue weighted by Gasteiger charge is -2.36. The first-order chi connectivity index (χ1) is 13.7. The number of carbonyl (C=O) groups excluding carboxylic acids is 1. The Morgan fingerprint density at radius 1 is 1.11 bits per heavy atom.